The van der Waals surface area contributed by atoms with Gasteiger partial charge in [0.1, 0.15) is 5.69 Å². The summed E-state index contributed by atoms with van der Waals surface area (Å²) in [4.78, 5) is 0. The standard InChI is InChI=1S/C27H19F3N2O4S/c28-27(29,30)37(33,34)36-23-15-14-19-10-4-5-11-20(19)24(23)25-21-12-6-7-13-22(21)26(32-31-25)35-17-16-18-8-2-1-3-9-18/h1-15H,16-17H2. The van der Waals surface area contributed by atoms with E-state index in [-0.39, 0.29) is 17.1 Å². The number of hydrogen-bond donors (Lipinski definition) is 0. The number of halogens is 3. The highest BCUT2D eigenvalue weighted by Crippen LogP contribution is 2.42. The highest BCUT2D eigenvalue weighted by molar-refractivity contribution is 7.88. The van der Waals surface area contributed by atoms with Crippen molar-refractivity contribution >= 4 is 31.7 Å². The number of alkyl halides is 3. The first-order valence-electron chi connectivity index (χ1n) is 11.2. The van der Waals surface area contributed by atoms with Gasteiger partial charge in [0.15, 0.2) is 5.75 Å². The molecule has 0 atom stereocenters. The quantitative estimate of drug-likeness (QED) is 0.184. The third-order valence-corrected chi connectivity index (χ3v) is 6.70. The van der Waals surface area contributed by atoms with E-state index in [0.29, 0.717) is 34.6 Å². The molecule has 5 aromatic rings. The average molecular weight is 525 g/mol. The zero-order valence-electron chi connectivity index (χ0n) is 19.1. The predicted molar refractivity (Wildman–Crippen MR) is 134 cm³/mol. The minimum atomic E-state index is -5.92. The first-order chi connectivity index (χ1) is 17.7. The fraction of sp³-hybridized carbons (Fsp3) is 0.111. The smallest absolute Gasteiger partial charge is 0.476 e. The van der Waals surface area contributed by atoms with Crippen LogP contribution in [0.2, 0.25) is 0 Å². The molecule has 0 bridgehead atoms. The van der Waals surface area contributed by atoms with Crippen LogP contribution in [0, 0.1) is 0 Å². The van der Waals surface area contributed by atoms with Crippen molar-refractivity contribution in [3.63, 3.8) is 0 Å². The molecule has 0 unspecified atom stereocenters. The Morgan fingerprint density at radius 2 is 1.38 bits per heavy atom. The van der Waals surface area contributed by atoms with Gasteiger partial charge in [0.2, 0.25) is 5.88 Å². The third-order valence-electron chi connectivity index (χ3n) is 5.74. The Hall–Kier alpha value is -4.18. The van der Waals surface area contributed by atoms with E-state index < -0.39 is 21.4 Å². The van der Waals surface area contributed by atoms with Crippen LogP contribution in [0.4, 0.5) is 13.2 Å². The van der Waals surface area contributed by atoms with E-state index in [2.05, 4.69) is 14.4 Å². The Kier molecular flexibility index (Phi) is 6.43. The van der Waals surface area contributed by atoms with Crippen LogP contribution in [0.5, 0.6) is 11.6 Å². The third kappa shape index (κ3) is 4.92. The topological polar surface area (TPSA) is 78.4 Å². The van der Waals surface area contributed by atoms with Crippen molar-refractivity contribution in [1.29, 1.82) is 0 Å². The lowest BCUT2D eigenvalue weighted by Gasteiger charge is -2.16. The highest BCUT2D eigenvalue weighted by Gasteiger charge is 2.49. The first-order valence-corrected chi connectivity index (χ1v) is 12.6. The Balaban J connectivity index is 1.62. The maximum absolute atomic E-state index is 13.2. The first kappa shape index (κ1) is 24.5. The number of rotatable bonds is 7. The van der Waals surface area contributed by atoms with Crippen molar-refractivity contribution in [1.82, 2.24) is 10.2 Å². The van der Waals surface area contributed by atoms with E-state index in [4.69, 9.17) is 4.74 Å². The molecule has 0 radical (unpaired) electrons. The Morgan fingerprint density at radius 1 is 0.730 bits per heavy atom. The van der Waals surface area contributed by atoms with Crippen molar-refractivity contribution < 1.29 is 30.5 Å². The molecule has 1 heterocycles. The molecule has 0 N–H and O–H groups in total. The number of aromatic nitrogens is 2. The van der Waals surface area contributed by atoms with Crippen LogP contribution in [-0.4, -0.2) is 30.7 Å². The maximum atomic E-state index is 13.2. The van der Waals surface area contributed by atoms with Crippen molar-refractivity contribution in [2.75, 3.05) is 6.61 Å². The van der Waals surface area contributed by atoms with Gasteiger partial charge in [0.05, 0.1) is 12.2 Å². The second-order valence-corrected chi connectivity index (χ2v) is 9.66. The van der Waals surface area contributed by atoms with E-state index in [0.717, 1.165) is 5.56 Å². The van der Waals surface area contributed by atoms with Gasteiger partial charge in [-0.05, 0) is 28.5 Å². The lowest BCUT2D eigenvalue weighted by Crippen LogP contribution is -2.28. The van der Waals surface area contributed by atoms with Gasteiger partial charge in [-0.15, -0.1) is 10.2 Å². The number of nitrogens with zero attached hydrogens (tertiary/aromatic N) is 2. The Labute approximate surface area is 210 Å². The predicted octanol–water partition coefficient (Wildman–Crippen LogP) is 6.30. The van der Waals surface area contributed by atoms with Crippen molar-refractivity contribution in [3.05, 3.63) is 96.6 Å². The van der Waals surface area contributed by atoms with Crippen molar-refractivity contribution in [2.24, 2.45) is 0 Å². The van der Waals surface area contributed by atoms with E-state index in [1.807, 2.05) is 30.3 Å². The number of hydrogen-bond acceptors (Lipinski definition) is 6. The largest absolute Gasteiger partial charge is 0.534 e. The van der Waals surface area contributed by atoms with Crippen LogP contribution >= 0.6 is 0 Å². The maximum Gasteiger partial charge on any atom is 0.534 e. The summed E-state index contributed by atoms with van der Waals surface area (Å²) in [7, 11) is -5.92. The molecule has 0 fully saturated rings. The molecule has 37 heavy (non-hydrogen) atoms. The van der Waals surface area contributed by atoms with Gasteiger partial charge < -0.3 is 8.92 Å². The molecule has 0 amide bonds. The molecule has 10 heteroatoms. The van der Waals surface area contributed by atoms with E-state index in [1.54, 1.807) is 48.5 Å². The zero-order valence-corrected chi connectivity index (χ0v) is 20.0. The fourth-order valence-electron chi connectivity index (χ4n) is 4.01. The second-order valence-electron chi connectivity index (χ2n) is 8.13. The molecule has 0 spiro atoms. The monoisotopic (exact) mass is 524 g/mol. The summed E-state index contributed by atoms with van der Waals surface area (Å²) in [5.41, 5.74) is -4.28. The Bertz CT molecular complexity index is 1690. The normalized spacial score (nSPS) is 12.1. The van der Waals surface area contributed by atoms with E-state index in [9.17, 15) is 21.6 Å². The van der Waals surface area contributed by atoms with Crippen LogP contribution in [0.15, 0.2) is 91.0 Å². The number of benzene rings is 4. The minimum absolute atomic E-state index is 0.0745. The Morgan fingerprint density at radius 3 is 2.11 bits per heavy atom. The lowest BCUT2D eigenvalue weighted by molar-refractivity contribution is -0.0499. The molecule has 5 rings (SSSR count). The summed E-state index contributed by atoms with van der Waals surface area (Å²) < 4.78 is 73.8. The number of fused-ring (bicyclic) bond motifs is 2. The lowest BCUT2D eigenvalue weighted by atomic mass is 9.98. The van der Waals surface area contributed by atoms with Crippen molar-refractivity contribution in [3.8, 4) is 22.9 Å². The van der Waals surface area contributed by atoms with Crippen LogP contribution in [0.25, 0.3) is 32.8 Å². The number of ether oxygens (including phenoxy) is 1. The van der Waals surface area contributed by atoms with Gasteiger partial charge in [-0.2, -0.15) is 21.6 Å². The van der Waals surface area contributed by atoms with Gasteiger partial charge in [0.25, 0.3) is 0 Å². The van der Waals surface area contributed by atoms with E-state index >= 15 is 0 Å². The molecular weight excluding hydrogens is 505 g/mol. The molecule has 6 nitrogen and oxygen atoms in total. The van der Waals surface area contributed by atoms with Crippen LogP contribution in [0.1, 0.15) is 5.56 Å². The van der Waals surface area contributed by atoms with Crippen LogP contribution in [0.3, 0.4) is 0 Å². The van der Waals surface area contributed by atoms with Gasteiger partial charge in [-0.3, -0.25) is 0 Å². The molecule has 1 aromatic heterocycles. The molecule has 4 aromatic carbocycles. The molecule has 0 aliphatic carbocycles. The van der Waals surface area contributed by atoms with Gasteiger partial charge in [-0.25, -0.2) is 0 Å². The average Bonchev–Trinajstić information content (AvgIpc) is 2.89. The van der Waals surface area contributed by atoms with Crippen molar-refractivity contribution in [2.45, 2.75) is 11.9 Å². The SMILES string of the molecule is O=S(=O)(Oc1ccc2ccccc2c1-c1nnc(OCCc2ccccc2)c2ccccc12)C(F)(F)F. The zero-order chi connectivity index (χ0) is 26.0. The summed E-state index contributed by atoms with van der Waals surface area (Å²) in [5.74, 6) is -0.255. The van der Waals surface area contributed by atoms with Crippen LogP contribution in [-0.2, 0) is 16.5 Å². The summed E-state index contributed by atoms with van der Waals surface area (Å²) in [6, 6.07) is 26.2. The molecule has 0 saturated heterocycles. The molecule has 0 aliphatic rings. The molecular formula is C27H19F3N2O4S. The van der Waals surface area contributed by atoms with Gasteiger partial charge >= 0.3 is 15.6 Å². The summed E-state index contributed by atoms with van der Waals surface area (Å²) in [6.45, 7) is 0.328. The molecule has 188 valence electrons. The summed E-state index contributed by atoms with van der Waals surface area (Å²) in [5, 5.41) is 10.7. The highest BCUT2D eigenvalue weighted by atomic mass is 32.2. The fourth-order valence-corrected chi connectivity index (χ4v) is 4.48. The minimum Gasteiger partial charge on any atom is -0.476 e. The second kappa shape index (κ2) is 9.70. The van der Waals surface area contributed by atoms with Gasteiger partial charge in [0, 0.05) is 17.2 Å². The van der Waals surface area contributed by atoms with E-state index in [1.165, 1.54) is 12.1 Å². The molecule has 0 aliphatic heterocycles. The van der Waals surface area contributed by atoms with Gasteiger partial charge in [-0.1, -0.05) is 78.9 Å². The van der Waals surface area contributed by atoms with Crippen LogP contribution < -0.4 is 8.92 Å². The summed E-state index contributed by atoms with van der Waals surface area (Å²) in [6.07, 6.45) is 0.634. The summed E-state index contributed by atoms with van der Waals surface area (Å²) >= 11 is 0. The molecule has 0 saturated carbocycles.